The average molecular weight is 861 g/mol. The minimum Gasteiger partial charge on any atom is -0.309 e. The number of thiophene rings is 1. The van der Waals surface area contributed by atoms with E-state index in [2.05, 4.69) is 229 Å². The van der Waals surface area contributed by atoms with Crippen LogP contribution in [0.5, 0.6) is 0 Å². The number of para-hydroxylation sites is 3. The molecule has 4 heterocycles. The zero-order valence-electron chi connectivity index (χ0n) is 36.3. The van der Waals surface area contributed by atoms with Gasteiger partial charge in [0.1, 0.15) is 0 Å². The fraction of sp³-hybridized carbons (Fsp3) is 0.0492. The van der Waals surface area contributed by atoms with Crippen molar-refractivity contribution >= 4 is 75.9 Å². The summed E-state index contributed by atoms with van der Waals surface area (Å²) < 4.78 is 5.81. The van der Waals surface area contributed by atoms with Gasteiger partial charge in [-0.15, -0.1) is 11.3 Å². The second-order valence-corrected chi connectivity index (χ2v) is 19.2. The molecule has 9 aromatic carbocycles. The predicted octanol–water partition coefficient (Wildman–Crippen LogP) is 16.3. The highest BCUT2D eigenvalue weighted by atomic mass is 32.1. The van der Waals surface area contributed by atoms with E-state index in [0.717, 1.165) is 49.1 Å². The minimum atomic E-state index is -0.146. The molecule has 310 valence electrons. The second-order valence-electron chi connectivity index (χ2n) is 18.2. The first-order chi connectivity index (χ1) is 32.5. The summed E-state index contributed by atoms with van der Waals surface area (Å²) >= 11 is 1.77. The Bertz CT molecular complexity index is 4130. The van der Waals surface area contributed by atoms with Crippen molar-refractivity contribution in [3.63, 3.8) is 0 Å². The van der Waals surface area contributed by atoms with E-state index in [1.807, 2.05) is 0 Å². The van der Waals surface area contributed by atoms with Crippen LogP contribution < -0.4 is 0 Å². The fourth-order valence-electron chi connectivity index (χ4n) is 11.0. The molecule has 14 rings (SSSR count). The highest BCUT2D eigenvalue weighted by Crippen LogP contribution is 2.50. The molecular weight excluding hydrogens is 821 g/mol. The van der Waals surface area contributed by atoms with Crippen molar-refractivity contribution < 1.29 is 0 Å². The van der Waals surface area contributed by atoms with Gasteiger partial charge in [0.05, 0.1) is 38.0 Å². The zero-order valence-corrected chi connectivity index (χ0v) is 37.1. The maximum Gasteiger partial charge on any atom is 0.235 e. The fourth-order valence-corrected chi connectivity index (χ4v) is 12.1. The van der Waals surface area contributed by atoms with Crippen LogP contribution in [-0.2, 0) is 5.41 Å². The van der Waals surface area contributed by atoms with E-state index in [9.17, 15) is 0 Å². The van der Waals surface area contributed by atoms with Crippen molar-refractivity contribution in [3.8, 4) is 55.6 Å². The van der Waals surface area contributed by atoms with Crippen LogP contribution in [0.2, 0.25) is 0 Å². The van der Waals surface area contributed by atoms with E-state index in [1.165, 1.54) is 76.2 Å². The van der Waals surface area contributed by atoms with Crippen molar-refractivity contribution in [2.45, 2.75) is 19.3 Å². The maximum absolute atomic E-state index is 5.67. The van der Waals surface area contributed by atoms with Gasteiger partial charge in [-0.1, -0.05) is 166 Å². The Balaban J connectivity index is 1.03. The van der Waals surface area contributed by atoms with Crippen molar-refractivity contribution in [2.24, 2.45) is 0 Å². The van der Waals surface area contributed by atoms with Crippen LogP contribution in [0.1, 0.15) is 25.0 Å². The Morgan fingerprint density at radius 1 is 0.424 bits per heavy atom. The molecule has 0 radical (unpaired) electrons. The molecule has 4 aromatic heterocycles. The lowest BCUT2D eigenvalue weighted by Crippen LogP contribution is -2.15. The monoisotopic (exact) mass is 860 g/mol. The summed E-state index contributed by atoms with van der Waals surface area (Å²) in [5, 5.41) is 7.18. The highest BCUT2D eigenvalue weighted by molar-refractivity contribution is 7.22. The number of fused-ring (bicyclic) bond motifs is 11. The van der Waals surface area contributed by atoms with E-state index in [0.29, 0.717) is 5.95 Å². The summed E-state index contributed by atoms with van der Waals surface area (Å²) in [4.78, 5) is 12.4. The van der Waals surface area contributed by atoms with Crippen LogP contribution in [0.25, 0.3) is 120 Å². The molecule has 1 aliphatic rings. The molecule has 0 fully saturated rings. The van der Waals surface area contributed by atoms with E-state index in [1.54, 1.807) is 11.3 Å². The number of hydrogen-bond donors (Lipinski definition) is 0. The Labute approximate surface area is 385 Å². The van der Waals surface area contributed by atoms with Gasteiger partial charge in [0, 0.05) is 48.7 Å². The lowest BCUT2D eigenvalue weighted by Gasteiger charge is -2.22. The summed E-state index contributed by atoms with van der Waals surface area (Å²) in [7, 11) is 0. The molecule has 4 nitrogen and oxygen atoms in total. The van der Waals surface area contributed by atoms with Gasteiger partial charge in [0.15, 0.2) is 0 Å². The third kappa shape index (κ3) is 5.38. The molecule has 0 N–H and O–H groups in total. The van der Waals surface area contributed by atoms with E-state index >= 15 is 0 Å². The van der Waals surface area contributed by atoms with E-state index < -0.39 is 0 Å². The van der Waals surface area contributed by atoms with Gasteiger partial charge in [-0.3, -0.25) is 4.57 Å². The third-order valence-electron chi connectivity index (χ3n) is 14.1. The van der Waals surface area contributed by atoms with Gasteiger partial charge in [-0.05, 0) is 98.8 Å². The second kappa shape index (κ2) is 13.9. The first-order valence-corrected chi connectivity index (χ1v) is 23.5. The SMILES string of the molecule is CC1(C)c2ccccc2-c2ccc(-c3nc(-n4c5ccc(-c6cccc7c8ccccc8n(-c8ccccc8)c67)cc5c5cc6ccccc6cc54)nc4cc(-c5ccccc5)sc34)cc21. The minimum absolute atomic E-state index is 0.146. The number of aromatic nitrogens is 4. The Hall–Kier alpha value is -8.12. The van der Waals surface area contributed by atoms with Crippen molar-refractivity contribution in [1.82, 2.24) is 19.1 Å². The van der Waals surface area contributed by atoms with Gasteiger partial charge >= 0.3 is 0 Å². The third-order valence-corrected chi connectivity index (χ3v) is 15.3. The molecule has 0 saturated heterocycles. The van der Waals surface area contributed by atoms with Crippen LogP contribution in [0.3, 0.4) is 0 Å². The average Bonchev–Trinajstić information content (AvgIpc) is 4.10. The Morgan fingerprint density at radius 2 is 1.09 bits per heavy atom. The molecule has 0 bridgehead atoms. The van der Waals surface area contributed by atoms with Crippen LogP contribution in [-0.4, -0.2) is 19.1 Å². The summed E-state index contributed by atoms with van der Waals surface area (Å²) in [5.74, 6) is 0.660. The number of benzene rings is 9. The normalized spacial score (nSPS) is 13.1. The molecule has 66 heavy (non-hydrogen) atoms. The Morgan fingerprint density at radius 3 is 1.95 bits per heavy atom. The van der Waals surface area contributed by atoms with Gasteiger partial charge in [-0.2, -0.15) is 0 Å². The first kappa shape index (κ1) is 37.3. The van der Waals surface area contributed by atoms with Crippen molar-refractivity contribution in [3.05, 3.63) is 217 Å². The largest absolute Gasteiger partial charge is 0.309 e. The van der Waals surface area contributed by atoms with E-state index in [-0.39, 0.29) is 5.41 Å². The van der Waals surface area contributed by atoms with Crippen LogP contribution in [0.15, 0.2) is 206 Å². The van der Waals surface area contributed by atoms with Crippen LogP contribution >= 0.6 is 11.3 Å². The Kier molecular flexibility index (Phi) is 7.87. The zero-order chi connectivity index (χ0) is 43.7. The molecule has 0 spiro atoms. The van der Waals surface area contributed by atoms with Gasteiger partial charge in [-0.25, -0.2) is 9.97 Å². The highest BCUT2D eigenvalue weighted by Gasteiger charge is 2.35. The molecule has 1 aliphatic carbocycles. The van der Waals surface area contributed by atoms with Crippen molar-refractivity contribution in [1.29, 1.82) is 0 Å². The van der Waals surface area contributed by atoms with Crippen molar-refractivity contribution in [2.75, 3.05) is 0 Å². The van der Waals surface area contributed by atoms with Gasteiger partial charge < -0.3 is 4.57 Å². The van der Waals surface area contributed by atoms with Crippen LogP contribution in [0, 0.1) is 0 Å². The first-order valence-electron chi connectivity index (χ1n) is 22.6. The van der Waals surface area contributed by atoms with Gasteiger partial charge in [0.2, 0.25) is 5.95 Å². The predicted molar refractivity (Wildman–Crippen MR) is 277 cm³/mol. The quantitative estimate of drug-likeness (QED) is 0.173. The smallest absolute Gasteiger partial charge is 0.235 e. The molecule has 13 aromatic rings. The molecule has 0 unspecified atom stereocenters. The lowest BCUT2D eigenvalue weighted by molar-refractivity contribution is 0.660. The molecule has 0 aliphatic heterocycles. The number of nitrogens with zero attached hydrogens (tertiary/aromatic N) is 4. The maximum atomic E-state index is 5.67. The molecule has 0 amide bonds. The summed E-state index contributed by atoms with van der Waals surface area (Å²) in [6, 6.07) is 75.3. The molecule has 0 atom stereocenters. The van der Waals surface area contributed by atoms with Gasteiger partial charge in [0.25, 0.3) is 0 Å². The standard InChI is InChI=1S/C61H40N4S/c1-61(2)50-26-13-11-22-44(50)45-30-28-41(34-51(45)61)57-59-52(36-56(66-59)37-16-5-3-6-17-37)62-60(63-57)65-54-31-29-40(33-48(54)49-32-38-18-9-10-19-39(38)35-55(49)65)43-24-15-25-47-46-23-12-14-27-53(46)64(58(43)47)42-20-7-4-8-21-42/h3-36H,1-2H3. The summed E-state index contributed by atoms with van der Waals surface area (Å²) in [6.45, 7) is 4.69. The number of rotatable bonds is 5. The molecule has 0 saturated carbocycles. The lowest BCUT2D eigenvalue weighted by atomic mass is 9.82. The molecule has 5 heteroatoms. The summed E-state index contributed by atoms with van der Waals surface area (Å²) in [6.07, 6.45) is 0. The van der Waals surface area contributed by atoms with E-state index in [4.69, 9.17) is 9.97 Å². The molecular formula is C61H40N4S. The van der Waals surface area contributed by atoms with Crippen LogP contribution in [0.4, 0.5) is 0 Å². The summed E-state index contributed by atoms with van der Waals surface area (Å²) in [5.41, 5.74) is 17.3. The topological polar surface area (TPSA) is 35.6 Å². The number of hydrogen-bond acceptors (Lipinski definition) is 3.